The highest BCUT2D eigenvalue weighted by molar-refractivity contribution is 7.22. The molecule has 1 aliphatic heterocycles. The molecule has 2 aromatic heterocycles. The zero-order valence-corrected chi connectivity index (χ0v) is 16.1. The fraction of sp³-hybridized carbons (Fsp3) is 0.136. The molecule has 7 heteroatoms. The van der Waals surface area contributed by atoms with E-state index >= 15 is 0 Å². The second kappa shape index (κ2) is 6.93. The van der Waals surface area contributed by atoms with Crippen molar-refractivity contribution in [2.75, 3.05) is 5.32 Å². The molecule has 1 unspecified atom stereocenters. The number of fused-ring (bicyclic) bond motifs is 2. The van der Waals surface area contributed by atoms with Crippen molar-refractivity contribution in [2.24, 2.45) is 0 Å². The fourth-order valence-electron chi connectivity index (χ4n) is 3.68. The highest BCUT2D eigenvalue weighted by Crippen LogP contribution is 2.32. The van der Waals surface area contributed by atoms with E-state index in [1.165, 1.54) is 23.5 Å². The summed E-state index contributed by atoms with van der Waals surface area (Å²) in [6.07, 6.45) is 2.61. The van der Waals surface area contributed by atoms with Gasteiger partial charge in [-0.25, -0.2) is 9.37 Å². The van der Waals surface area contributed by atoms with Gasteiger partial charge in [0.2, 0.25) is 5.91 Å². The monoisotopic (exact) mass is 405 g/mol. The van der Waals surface area contributed by atoms with Crippen LogP contribution < -0.4 is 5.32 Å². The number of ketones is 1. The predicted octanol–water partition coefficient (Wildman–Crippen LogP) is 5.06. The topological polar surface area (TPSA) is 64.0 Å². The van der Waals surface area contributed by atoms with E-state index in [0.717, 1.165) is 21.3 Å². The zero-order valence-electron chi connectivity index (χ0n) is 15.3. The number of carbonyl (C=O) groups is 2. The van der Waals surface area contributed by atoms with Crippen LogP contribution >= 0.6 is 11.3 Å². The Kier molecular flexibility index (Phi) is 4.24. The van der Waals surface area contributed by atoms with E-state index in [1.54, 1.807) is 35.0 Å². The average molecular weight is 405 g/mol. The maximum Gasteiger partial charge on any atom is 0.249 e. The molecule has 0 saturated heterocycles. The van der Waals surface area contributed by atoms with Crippen molar-refractivity contribution in [3.8, 4) is 11.1 Å². The third-order valence-corrected chi connectivity index (χ3v) is 6.08. The Morgan fingerprint density at radius 2 is 1.93 bits per heavy atom. The number of anilines is 1. The molecule has 1 amide bonds. The quantitative estimate of drug-likeness (QED) is 0.518. The Morgan fingerprint density at radius 3 is 2.76 bits per heavy atom. The van der Waals surface area contributed by atoms with Gasteiger partial charge in [-0.05, 0) is 53.9 Å². The second-order valence-electron chi connectivity index (χ2n) is 6.98. The van der Waals surface area contributed by atoms with E-state index in [1.807, 2.05) is 18.2 Å². The molecule has 0 saturated carbocycles. The Balaban J connectivity index is 1.40. The van der Waals surface area contributed by atoms with Crippen molar-refractivity contribution in [3.05, 3.63) is 72.3 Å². The van der Waals surface area contributed by atoms with Gasteiger partial charge in [0.25, 0.3) is 0 Å². The van der Waals surface area contributed by atoms with Gasteiger partial charge in [0.1, 0.15) is 11.9 Å². The molecule has 0 fully saturated rings. The molecule has 5 nitrogen and oxygen atoms in total. The first-order chi connectivity index (χ1) is 14.1. The van der Waals surface area contributed by atoms with Gasteiger partial charge in [0, 0.05) is 12.6 Å². The lowest BCUT2D eigenvalue weighted by Gasteiger charge is -2.24. The van der Waals surface area contributed by atoms with Gasteiger partial charge >= 0.3 is 0 Å². The molecule has 0 aliphatic carbocycles. The maximum atomic E-state index is 13.2. The number of halogens is 1. The molecule has 4 aromatic rings. The number of aromatic nitrogens is 2. The van der Waals surface area contributed by atoms with Crippen molar-refractivity contribution in [1.29, 1.82) is 0 Å². The largest absolute Gasteiger partial charge is 0.333 e. The van der Waals surface area contributed by atoms with E-state index in [-0.39, 0.29) is 17.5 Å². The SMILES string of the molecule is O=C1CCC(C(=O)Nc2nc3ccc(-c4ccc(F)cc4)cc3s2)n2cccc21. The van der Waals surface area contributed by atoms with E-state index in [4.69, 9.17) is 0 Å². The number of hydrogen-bond acceptors (Lipinski definition) is 4. The Hall–Kier alpha value is -3.32. The third-order valence-electron chi connectivity index (χ3n) is 5.14. The summed E-state index contributed by atoms with van der Waals surface area (Å²) in [5, 5.41) is 3.42. The summed E-state index contributed by atoms with van der Waals surface area (Å²) >= 11 is 1.39. The third kappa shape index (κ3) is 3.23. The molecule has 144 valence electrons. The highest BCUT2D eigenvalue weighted by Gasteiger charge is 2.30. The minimum atomic E-state index is -0.417. The lowest BCUT2D eigenvalue weighted by molar-refractivity contribution is -0.119. The van der Waals surface area contributed by atoms with Crippen LogP contribution in [-0.2, 0) is 4.79 Å². The van der Waals surface area contributed by atoms with E-state index in [0.29, 0.717) is 23.7 Å². The molecule has 2 aromatic carbocycles. The molecule has 5 rings (SSSR count). The van der Waals surface area contributed by atoms with Crippen LogP contribution in [0.1, 0.15) is 29.4 Å². The van der Waals surface area contributed by atoms with Crippen LogP contribution in [0.2, 0.25) is 0 Å². The van der Waals surface area contributed by atoms with Crippen LogP contribution in [-0.4, -0.2) is 21.2 Å². The van der Waals surface area contributed by atoms with Crippen LogP contribution in [0.5, 0.6) is 0 Å². The van der Waals surface area contributed by atoms with Crippen molar-refractivity contribution < 1.29 is 14.0 Å². The summed E-state index contributed by atoms with van der Waals surface area (Å²) in [5.74, 6) is -0.381. The number of amides is 1. The minimum Gasteiger partial charge on any atom is -0.333 e. The van der Waals surface area contributed by atoms with Crippen LogP contribution in [0, 0.1) is 5.82 Å². The first kappa shape index (κ1) is 17.8. The summed E-state index contributed by atoms with van der Waals surface area (Å²) in [4.78, 5) is 29.3. The predicted molar refractivity (Wildman–Crippen MR) is 111 cm³/mol. The number of rotatable bonds is 3. The lowest BCUT2D eigenvalue weighted by atomic mass is 10.0. The molecule has 3 heterocycles. The smallest absolute Gasteiger partial charge is 0.249 e. The van der Waals surface area contributed by atoms with Crippen LogP contribution in [0.25, 0.3) is 21.3 Å². The fourth-order valence-corrected chi connectivity index (χ4v) is 4.59. The second-order valence-corrected chi connectivity index (χ2v) is 8.01. The lowest BCUT2D eigenvalue weighted by Crippen LogP contribution is -2.31. The van der Waals surface area contributed by atoms with Crippen molar-refractivity contribution in [3.63, 3.8) is 0 Å². The molecule has 1 atom stereocenters. The normalized spacial score (nSPS) is 16.0. The van der Waals surface area contributed by atoms with Crippen molar-refractivity contribution in [1.82, 2.24) is 9.55 Å². The number of nitrogens with zero attached hydrogens (tertiary/aromatic N) is 2. The van der Waals surface area contributed by atoms with Crippen LogP contribution in [0.15, 0.2) is 60.8 Å². The first-order valence-corrected chi connectivity index (χ1v) is 10.1. The number of carbonyl (C=O) groups excluding carboxylic acids is 2. The molecule has 29 heavy (non-hydrogen) atoms. The maximum absolute atomic E-state index is 13.2. The van der Waals surface area contributed by atoms with Gasteiger partial charge in [-0.3, -0.25) is 9.59 Å². The molecule has 1 N–H and O–H groups in total. The van der Waals surface area contributed by atoms with E-state index in [2.05, 4.69) is 10.3 Å². The van der Waals surface area contributed by atoms with Gasteiger partial charge in [-0.1, -0.05) is 29.5 Å². The molecular weight excluding hydrogens is 389 g/mol. The van der Waals surface area contributed by atoms with Crippen molar-refractivity contribution in [2.45, 2.75) is 18.9 Å². The Bertz CT molecular complexity index is 1240. The average Bonchev–Trinajstić information content (AvgIpc) is 3.35. The summed E-state index contributed by atoms with van der Waals surface area (Å²) in [6.45, 7) is 0. The van der Waals surface area contributed by atoms with Crippen LogP contribution in [0.3, 0.4) is 0 Å². The molecule has 1 aliphatic rings. The van der Waals surface area contributed by atoms with Gasteiger partial charge in [-0.2, -0.15) is 0 Å². The summed E-state index contributed by atoms with van der Waals surface area (Å²) in [5.41, 5.74) is 3.24. The Labute approximate surface area is 169 Å². The molecule has 0 bridgehead atoms. The summed E-state index contributed by atoms with van der Waals surface area (Å²) < 4.78 is 15.8. The highest BCUT2D eigenvalue weighted by atomic mass is 32.1. The van der Waals surface area contributed by atoms with Gasteiger partial charge in [0.05, 0.1) is 15.9 Å². The standard InChI is InChI=1S/C22H16FN3O2S/c23-15-6-3-13(4-7-15)14-5-8-16-20(12-14)29-22(24-16)25-21(28)18-9-10-19(27)17-2-1-11-26(17)18/h1-8,11-12,18H,9-10H2,(H,24,25,28). The van der Waals surface area contributed by atoms with Gasteiger partial charge in [0.15, 0.2) is 10.9 Å². The number of hydrogen-bond donors (Lipinski definition) is 1. The number of nitrogens with one attached hydrogen (secondary N) is 1. The summed E-state index contributed by atoms with van der Waals surface area (Å²) in [7, 11) is 0. The van der Waals surface area contributed by atoms with E-state index in [9.17, 15) is 14.0 Å². The molecule has 0 spiro atoms. The minimum absolute atomic E-state index is 0.0624. The number of Topliss-reactive ketones (excluding diaryl/α,β-unsaturated/α-hetero) is 1. The van der Waals surface area contributed by atoms with Gasteiger partial charge in [-0.15, -0.1) is 0 Å². The van der Waals surface area contributed by atoms with Gasteiger partial charge < -0.3 is 9.88 Å². The van der Waals surface area contributed by atoms with E-state index < -0.39 is 6.04 Å². The first-order valence-electron chi connectivity index (χ1n) is 9.26. The number of thiazole rings is 1. The molecular formula is C22H16FN3O2S. The number of benzene rings is 2. The molecule has 0 radical (unpaired) electrons. The van der Waals surface area contributed by atoms with Crippen LogP contribution in [0.4, 0.5) is 9.52 Å². The van der Waals surface area contributed by atoms with Crippen molar-refractivity contribution >= 4 is 38.4 Å². The zero-order chi connectivity index (χ0) is 20.0. The summed E-state index contributed by atoms with van der Waals surface area (Å²) in [6, 6.07) is 15.3. The Morgan fingerprint density at radius 1 is 1.14 bits per heavy atom.